The molecule has 0 atom stereocenters. The second-order valence-corrected chi connectivity index (χ2v) is 3.32. The average molecular weight is 151 g/mol. The summed E-state index contributed by atoms with van der Waals surface area (Å²) in [6, 6.07) is 3.97. The maximum absolute atomic E-state index is 5.70. The summed E-state index contributed by atoms with van der Waals surface area (Å²) in [5, 5.41) is 0. The zero-order valence-electron chi connectivity index (χ0n) is 6.55. The molecule has 0 amide bonds. The number of rotatable bonds is 2. The van der Waals surface area contributed by atoms with Gasteiger partial charge in [0.1, 0.15) is 5.76 Å². The van der Waals surface area contributed by atoms with Gasteiger partial charge in [0, 0.05) is 12.0 Å². The molecule has 1 aromatic rings. The molecule has 1 saturated carbocycles. The van der Waals surface area contributed by atoms with Gasteiger partial charge in [0.25, 0.3) is 0 Å². The van der Waals surface area contributed by atoms with Crippen LogP contribution in [0.4, 0.5) is 0 Å². The van der Waals surface area contributed by atoms with E-state index in [9.17, 15) is 0 Å². The Hall–Kier alpha value is -0.760. The molecule has 0 radical (unpaired) electrons. The van der Waals surface area contributed by atoms with Gasteiger partial charge >= 0.3 is 0 Å². The van der Waals surface area contributed by atoms with Crippen LogP contribution in [0, 0.1) is 0 Å². The van der Waals surface area contributed by atoms with E-state index in [0.717, 1.165) is 12.3 Å². The van der Waals surface area contributed by atoms with Crippen molar-refractivity contribution in [2.45, 2.75) is 24.7 Å². The van der Waals surface area contributed by atoms with Crippen LogP contribution in [0.1, 0.15) is 25.0 Å². The fraction of sp³-hybridized carbons (Fsp3) is 0.556. The maximum Gasteiger partial charge on any atom is 0.111 e. The second kappa shape index (κ2) is 2.38. The summed E-state index contributed by atoms with van der Waals surface area (Å²) in [6.45, 7) is 0.723. The third-order valence-corrected chi connectivity index (χ3v) is 2.75. The highest BCUT2D eigenvalue weighted by Gasteiger charge is 2.39. The quantitative estimate of drug-likeness (QED) is 0.698. The lowest BCUT2D eigenvalue weighted by Crippen LogP contribution is -2.41. The van der Waals surface area contributed by atoms with Crippen molar-refractivity contribution in [3.8, 4) is 0 Å². The van der Waals surface area contributed by atoms with E-state index in [0.29, 0.717) is 0 Å². The van der Waals surface area contributed by atoms with Crippen molar-refractivity contribution < 1.29 is 4.42 Å². The highest BCUT2D eigenvalue weighted by atomic mass is 16.3. The predicted molar refractivity (Wildman–Crippen MR) is 43.3 cm³/mol. The first kappa shape index (κ1) is 6.92. The number of nitrogens with two attached hydrogens (primary N) is 1. The van der Waals surface area contributed by atoms with Crippen molar-refractivity contribution in [1.82, 2.24) is 0 Å². The summed E-state index contributed by atoms with van der Waals surface area (Å²) in [5.74, 6) is 1.08. The Morgan fingerprint density at radius 1 is 1.55 bits per heavy atom. The smallest absolute Gasteiger partial charge is 0.111 e. The molecule has 0 saturated heterocycles. The molecule has 60 valence electrons. The van der Waals surface area contributed by atoms with Gasteiger partial charge in [0.05, 0.1) is 6.26 Å². The van der Waals surface area contributed by atoms with Crippen LogP contribution in [0.3, 0.4) is 0 Å². The van der Waals surface area contributed by atoms with Crippen molar-refractivity contribution in [3.63, 3.8) is 0 Å². The van der Waals surface area contributed by atoms with E-state index in [4.69, 9.17) is 10.2 Å². The molecule has 2 heteroatoms. The standard InChI is InChI=1S/C9H13NO/c10-7-9(4-2-5-9)8-3-1-6-11-8/h1,3,6H,2,4-5,7,10H2. The van der Waals surface area contributed by atoms with Crippen LogP contribution >= 0.6 is 0 Å². The van der Waals surface area contributed by atoms with Gasteiger partial charge in [-0.25, -0.2) is 0 Å². The van der Waals surface area contributed by atoms with E-state index in [1.165, 1.54) is 19.3 Å². The first-order valence-corrected chi connectivity index (χ1v) is 4.11. The van der Waals surface area contributed by atoms with E-state index in [1.54, 1.807) is 6.26 Å². The van der Waals surface area contributed by atoms with Gasteiger partial charge in [-0.15, -0.1) is 0 Å². The molecule has 1 aliphatic carbocycles. The molecule has 11 heavy (non-hydrogen) atoms. The largest absolute Gasteiger partial charge is 0.469 e. The van der Waals surface area contributed by atoms with E-state index in [2.05, 4.69) is 0 Å². The number of hydrogen-bond acceptors (Lipinski definition) is 2. The zero-order chi connectivity index (χ0) is 7.73. The fourth-order valence-electron chi connectivity index (χ4n) is 1.73. The van der Waals surface area contributed by atoms with E-state index >= 15 is 0 Å². The summed E-state index contributed by atoms with van der Waals surface area (Å²) in [7, 11) is 0. The summed E-state index contributed by atoms with van der Waals surface area (Å²) >= 11 is 0. The molecule has 1 aromatic heterocycles. The molecule has 2 N–H and O–H groups in total. The molecule has 1 aliphatic rings. The lowest BCUT2D eigenvalue weighted by atomic mass is 9.67. The summed E-state index contributed by atoms with van der Waals surface area (Å²) in [5.41, 5.74) is 5.90. The summed E-state index contributed by atoms with van der Waals surface area (Å²) in [4.78, 5) is 0. The van der Waals surface area contributed by atoms with Crippen molar-refractivity contribution in [3.05, 3.63) is 24.2 Å². The van der Waals surface area contributed by atoms with Crippen molar-refractivity contribution in [2.24, 2.45) is 5.73 Å². The lowest BCUT2D eigenvalue weighted by Gasteiger charge is -2.38. The van der Waals surface area contributed by atoms with Gasteiger partial charge in [-0.3, -0.25) is 0 Å². The summed E-state index contributed by atoms with van der Waals surface area (Å²) < 4.78 is 5.35. The van der Waals surface area contributed by atoms with Crippen LogP contribution in [0.2, 0.25) is 0 Å². The zero-order valence-corrected chi connectivity index (χ0v) is 6.55. The van der Waals surface area contributed by atoms with Crippen molar-refractivity contribution in [1.29, 1.82) is 0 Å². The summed E-state index contributed by atoms with van der Waals surface area (Å²) in [6.07, 6.45) is 5.40. The molecular formula is C9H13NO. The first-order chi connectivity index (χ1) is 5.37. The Kier molecular flexibility index (Phi) is 1.50. The molecule has 2 nitrogen and oxygen atoms in total. The van der Waals surface area contributed by atoms with Gasteiger partial charge in [-0.05, 0) is 25.0 Å². The lowest BCUT2D eigenvalue weighted by molar-refractivity contribution is 0.208. The Balaban J connectivity index is 2.25. The maximum atomic E-state index is 5.70. The predicted octanol–water partition coefficient (Wildman–Crippen LogP) is 1.66. The van der Waals surface area contributed by atoms with Crippen LogP contribution in [-0.4, -0.2) is 6.54 Å². The third kappa shape index (κ3) is 0.897. The minimum absolute atomic E-state index is 0.198. The SMILES string of the molecule is NCC1(c2ccco2)CCC1. The van der Waals surface area contributed by atoms with Gasteiger partial charge < -0.3 is 10.2 Å². The second-order valence-electron chi connectivity index (χ2n) is 3.32. The Bertz CT molecular complexity index is 218. The molecule has 2 rings (SSSR count). The van der Waals surface area contributed by atoms with E-state index in [1.807, 2.05) is 12.1 Å². The number of hydrogen-bond donors (Lipinski definition) is 1. The van der Waals surface area contributed by atoms with Gasteiger partial charge in [-0.1, -0.05) is 6.42 Å². The van der Waals surface area contributed by atoms with Crippen LogP contribution in [0.5, 0.6) is 0 Å². The first-order valence-electron chi connectivity index (χ1n) is 4.11. The highest BCUT2D eigenvalue weighted by Crippen LogP contribution is 2.42. The van der Waals surface area contributed by atoms with Gasteiger partial charge in [0.2, 0.25) is 0 Å². The van der Waals surface area contributed by atoms with Crippen LogP contribution in [0.15, 0.2) is 22.8 Å². The van der Waals surface area contributed by atoms with Gasteiger partial charge in [0.15, 0.2) is 0 Å². The van der Waals surface area contributed by atoms with E-state index in [-0.39, 0.29) is 5.41 Å². The Morgan fingerprint density at radius 3 is 2.73 bits per heavy atom. The van der Waals surface area contributed by atoms with Crippen molar-refractivity contribution in [2.75, 3.05) is 6.54 Å². The Morgan fingerprint density at radius 2 is 2.36 bits per heavy atom. The third-order valence-electron chi connectivity index (χ3n) is 2.75. The molecule has 0 aromatic carbocycles. The molecule has 0 bridgehead atoms. The van der Waals surface area contributed by atoms with Crippen LogP contribution in [-0.2, 0) is 5.41 Å². The molecular weight excluding hydrogens is 138 g/mol. The van der Waals surface area contributed by atoms with Crippen LogP contribution < -0.4 is 5.73 Å². The fourth-order valence-corrected chi connectivity index (χ4v) is 1.73. The molecule has 0 spiro atoms. The molecule has 0 unspecified atom stereocenters. The minimum Gasteiger partial charge on any atom is -0.469 e. The van der Waals surface area contributed by atoms with Crippen molar-refractivity contribution >= 4 is 0 Å². The monoisotopic (exact) mass is 151 g/mol. The minimum atomic E-state index is 0.198. The Labute approximate surface area is 66.4 Å². The topological polar surface area (TPSA) is 39.2 Å². The highest BCUT2D eigenvalue weighted by molar-refractivity contribution is 5.18. The van der Waals surface area contributed by atoms with Gasteiger partial charge in [-0.2, -0.15) is 0 Å². The van der Waals surface area contributed by atoms with E-state index < -0.39 is 0 Å². The van der Waals surface area contributed by atoms with Crippen LogP contribution in [0.25, 0.3) is 0 Å². The molecule has 1 fully saturated rings. The average Bonchev–Trinajstić information content (AvgIpc) is 2.39. The molecule has 0 aliphatic heterocycles. The molecule has 1 heterocycles. The number of furan rings is 1. The normalized spacial score (nSPS) is 21.2.